The van der Waals surface area contributed by atoms with E-state index in [1.165, 1.54) is 105 Å². The number of hydrogen-bond donors (Lipinski definition) is 0. The van der Waals surface area contributed by atoms with Crippen molar-refractivity contribution in [1.82, 2.24) is 5.16 Å². The van der Waals surface area contributed by atoms with E-state index in [2.05, 4.69) is 63.2 Å². The zero-order chi connectivity index (χ0) is 22.4. The Balaban J connectivity index is 2.12. The predicted octanol–water partition coefficient (Wildman–Crippen LogP) is 8.91. The summed E-state index contributed by atoms with van der Waals surface area (Å²) in [5.74, 6) is 0. The van der Waals surface area contributed by atoms with Crippen LogP contribution in [-0.4, -0.2) is 23.5 Å². The first-order valence-corrected chi connectivity index (χ1v) is 20.7. The zero-order valence-corrected chi connectivity index (χ0v) is 23.7. The molecule has 2 nitrogen and oxygen atoms in total. The summed E-state index contributed by atoms with van der Waals surface area (Å²) in [6.45, 7) is 9.26. The van der Waals surface area contributed by atoms with E-state index in [0.29, 0.717) is 0 Å². The number of aromatic nitrogens is 1. The summed E-state index contributed by atoms with van der Waals surface area (Å²) in [5, 5.41) is 4.58. The molecule has 2 aromatic rings. The van der Waals surface area contributed by atoms with Gasteiger partial charge in [0.05, 0.1) is 0 Å². The molecule has 3 heteroatoms. The third-order valence-corrected chi connectivity index (χ3v) is 21.8. The standard InChI is InChI=1S/C16H20NO.3C4H9.Sn/c1-2-3-4-5-6-7-14-8-10-15(11-9-14)16-12-13-18-17-16;3*1-3-4-2;/h8-12H,2-7H2,1H3;3*1,3-4H2,2H3;. The topological polar surface area (TPSA) is 26.0 Å². The molecule has 0 amide bonds. The number of aryl methyl sites for hydroxylation is 1. The van der Waals surface area contributed by atoms with Crippen molar-refractivity contribution < 1.29 is 4.52 Å². The van der Waals surface area contributed by atoms with Crippen molar-refractivity contribution in [2.75, 3.05) is 0 Å². The summed E-state index contributed by atoms with van der Waals surface area (Å²) in [4.78, 5) is 0. The van der Waals surface area contributed by atoms with Gasteiger partial charge in [-0.15, -0.1) is 0 Å². The van der Waals surface area contributed by atoms with Crippen LogP contribution in [-0.2, 0) is 6.42 Å². The molecular weight excluding hydrogens is 485 g/mol. The Morgan fingerprint density at radius 3 is 1.77 bits per heavy atom. The minimum atomic E-state index is -2.52. The second kappa shape index (κ2) is 15.1. The first kappa shape index (κ1) is 26.5. The zero-order valence-electron chi connectivity index (χ0n) is 20.8. The van der Waals surface area contributed by atoms with Gasteiger partial charge in [-0.2, -0.15) is 0 Å². The molecule has 0 unspecified atom stereocenters. The fraction of sp³-hybridized carbons (Fsp3) is 0.679. The van der Waals surface area contributed by atoms with E-state index in [-0.39, 0.29) is 0 Å². The summed E-state index contributed by atoms with van der Waals surface area (Å²) in [5.41, 5.74) is 3.72. The monoisotopic (exact) mass is 533 g/mol. The van der Waals surface area contributed by atoms with Crippen LogP contribution < -0.4 is 3.78 Å². The molecule has 0 aliphatic rings. The van der Waals surface area contributed by atoms with Gasteiger partial charge in [-0.3, -0.25) is 0 Å². The Bertz CT molecular complexity index is 684. The van der Waals surface area contributed by atoms with E-state index in [1.807, 2.05) is 0 Å². The summed E-state index contributed by atoms with van der Waals surface area (Å²) in [6.07, 6.45) is 15.8. The molecule has 0 saturated heterocycles. The van der Waals surface area contributed by atoms with Crippen LogP contribution >= 0.6 is 0 Å². The average molecular weight is 532 g/mol. The Morgan fingerprint density at radius 2 is 1.23 bits per heavy atom. The SMILES string of the molecule is CCCCCCCc1ccc(-c2c[c]([Sn]([CH2]CCC)([CH2]CCC)[CH2]CCC)on2)cc1. The molecule has 0 bridgehead atoms. The van der Waals surface area contributed by atoms with Crippen molar-refractivity contribution in [2.24, 2.45) is 0 Å². The minimum absolute atomic E-state index is 1.05. The van der Waals surface area contributed by atoms with Crippen LogP contribution in [0.1, 0.15) is 104 Å². The van der Waals surface area contributed by atoms with Gasteiger partial charge in [-0.05, 0) is 0 Å². The number of benzene rings is 1. The molecule has 0 aliphatic carbocycles. The number of rotatable bonds is 17. The Kier molecular flexibility index (Phi) is 12.9. The molecule has 0 aliphatic heterocycles. The third-order valence-electron chi connectivity index (χ3n) is 6.88. The quantitative estimate of drug-likeness (QED) is 0.150. The predicted molar refractivity (Wildman–Crippen MR) is 139 cm³/mol. The molecule has 0 saturated carbocycles. The van der Waals surface area contributed by atoms with Gasteiger partial charge in [0.2, 0.25) is 0 Å². The van der Waals surface area contributed by atoms with E-state index in [4.69, 9.17) is 4.52 Å². The van der Waals surface area contributed by atoms with Crippen LogP contribution in [0, 0.1) is 0 Å². The fourth-order valence-corrected chi connectivity index (χ4v) is 19.7. The van der Waals surface area contributed by atoms with E-state index in [9.17, 15) is 0 Å². The van der Waals surface area contributed by atoms with Crippen LogP contribution in [0.2, 0.25) is 13.3 Å². The van der Waals surface area contributed by atoms with Crippen molar-refractivity contribution in [1.29, 1.82) is 0 Å². The molecule has 1 heterocycles. The van der Waals surface area contributed by atoms with Gasteiger partial charge >= 0.3 is 184 Å². The van der Waals surface area contributed by atoms with Gasteiger partial charge in [0.25, 0.3) is 0 Å². The molecule has 0 spiro atoms. The Hall–Kier alpha value is -0.771. The van der Waals surface area contributed by atoms with E-state index >= 15 is 0 Å². The summed E-state index contributed by atoms with van der Waals surface area (Å²) < 4.78 is 11.8. The first-order chi connectivity index (χ1) is 15.2. The molecule has 2 rings (SSSR count). The second-order valence-corrected chi connectivity index (χ2v) is 22.5. The van der Waals surface area contributed by atoms with Gasteiger partial charge < -0.3 is 0 Å². The maximum atomic E-state index is 6.15. The summed E-state index contributed by atoms with van der Waals surface area (Å²) in [7, 11) is 0. The van der Waals surface area contributed by atoms with E-state index in [1.54, 1.807) is 0 Å². The van der Waals surface area contributed by atoms with Crippen LogP contribution in [0.5, 0.6) is 0 Å². The van der Waals surface area contributed by atoms with Crippen LogP contribution in [0.4, 0.5) is 0 Å². The molecule has 0 N–H and O–H groups in total. The third kappa shape index (κ3) is 8.59. The molecule has 1 aromatic carbocycles. The molecule has 174 valence electrons. The van der Waals surface area contributed by atoms with Crippen molar-refractivity contribution >= 4 is 22.2 Å². The van der Waals surface area contributed by atoms with Gasteiger partial charge in [-0.1, -0.05) is 13.3 Å². The molecular formula is C28H47NOSn. The van der Waals surface area contributed by atoms with Crippen LogP contribution in [0.25, 0.3) is 11.3 Å². The average Bonchev–Trinajstić information content (AvgIpc) is 3.30. The molecule has 0 atom stereocenters. The Morgan fingerprint density at radius 1 is 0.677 bits per heavy atom. The van der Waals surface area contributed by atoms with Crippen LogP contribution in [0.3, 0.4) is 0 Å². The maximum absolute atomic E-state index is 6.15. The summed E-state index contributed by atoms with van der Waals surface area (Å²) in [6, 6.07) is 11.4. The second-order valence-electron chi connectivity index (χ2n) is 9.53. The molecule has 1 aromatic heterocycles. The van der Waals surface area contributed by atoms with Gasteiger partial charge in [0, 0.05) is 0 Å². The summed E-state index contributed by atoms with van der Waals surface area (Å²) >= 11 is -2.52. The van der Waals surface area contributed by atoms with E-state index < -0.39 is 18.4 Å². The van der Waals surface area contributed by atoms with Crippen molar-refractivity contribution in [2.45, 2.75) is 118 Å². The first-order valence-electron chi connectivity index (χ1n) is 13.3. The number of unbranched alkanes of at least 4 members (excludes halogenated alkanes) is 7. The fourth-order valence-electron chi connectivity index (χ4n) is 4.73. The van der Waals surface area contributed by atoms with Gasteiger partial charge in [0.15, 0.2) is 0 Å². The van der Waals surface area contributed by atoms with Crippen molar-refractivity contribution in [3.8, 4) is 11.3 Å². The van der Waals surface area contributed by atoms with Crippen molar-refractivity contribution in [3.05, 3.63) is 35.9 Å². The molecule has 0 radical (unpaired) electrons. The van der Waals surface area contributed by atoms with Crippen LogP contribution in [0.15, 0.2) is 34.9 Å². The number of nitrogens with zero attached hydrogens (tertiary/aromatic N) is 1. The normalized spacial score (nSPS) is 11.9. The van der Waals surface area contributed by atoms with Crippen molar-refractivity contribution in [3.63, 3.8) is 0 Å². The Labute approximate surface area is 196 Å². The van der Waals surface area contributed by atoms with Gasteiger partial charge in [0.1, 0.15) is 0 Å². The number of hydrogen-bond acceptors (Lipinski definition) is 2. The van der Waals surface area contributed by atoms with Gasteiger partial charge in [-0.25, -0.2) is 0 Å². The molecule has 31 heavy (non-hydrogen) atoms. The van der Waals surface area contributed by atoms with E-state index in [0.717, 1.165) is 5.69 Å². The molecule has 0 fully saturated rings.